The van der Waals surface area contributed by atoms with Crippen molar-refractivity contribution in [2.24, 2.45) is 0 Å². The molecule has 0 atom stereocenters. The molecule has 2 amide bonds. The molecule has 6 heteroatoms. The number of anilines is 1. The first-order valence-electron chi connectivity index (χ1n) is 7.25. The zero-order chi connectivity index (χ0) is 16.2. The Balaban J connectivity index is 1.61. The van der Waals surface area contributed by atoms with Gasteiger partial charge in [-0.25, -0.2) is 0 Å². The fraction of sp³-hybridized carbons (Fsp3) is 0.176. The third kappa shape index (κ3) is 4.56. The maximum atomic E-state index is 12.0. The molecule has 1 heterocycles. The topological polar surface area (TPSA) is 71.3 Å². The summed E-state index contributed by atoms with van der Waals surface area (Å²) >= 11 is 3.20. The van der Waals surface area contributed by atoms with Crippen molar-refractivity contribution in [2.75, 3.05) is 5.32 Å². The van der Waals surface area contributed by atoms with Gasteiger partial charge >= 0.3 is 0 Å². The summed E-state index contributed by atoms with van der Waals surface area (Å²) in [6.07, 6.45) is 5.03. The van der Waals surface area contributed by atoms with Crippen molar-refractivity contribution in [1.82, 2.24) is 5.32 Å². The summed E-state index contributed by atoms with van der Waals surface area (Å²) in [4.78, 5) is 23.9. The van der Waals surface area contributed by atoms with Gasteiger partial charge in [-0.2, -0.15) is 0 Å². The Kier molecular flexibility index (Phi) is 4.62. The molecule has 1 saturated carbocycles. The molecule has 1 aliphatic carbocycles. The summed E-state index contributed by atoms with van der Waals surface area (Å²) < 4.78 is 5.88. The largest absolute Gasteiger partial charge is 0.450 e. The van der Waals surface area contributed by atoms with Gasteiger partial charge in [0.15, 0.2) is 4.67 Å². The van der Waals surface area contributed by atoms with Crippen molar-refractivity contribution in [3.8, 4) is 0 Å². The van der Waals surface area contributed by atoms with E-state index in [1.54, 1.807) is 42.5 Å². The van der Waals surface area contributed by atoms with Gasteiger partial charge in [-0.15, -0.1) is 0 Å². The number of rotatable bonds is 5. The quantitative estimate of drug-likeness (QED) is 0.785. The summed E-state index contributed by atoms with van der Waals surface area (Å²) in [5.41, 5.74) is 1.11. The van der Waals surface area contributed by atoms with Gasteiger partial charge in [0, 0.05) is 23.4 Å². The van der Waals surface area contributed by atoms with E-state index in [9.17, 15) is 9.59 Å². The molecule has 2 aromatic rings. The monoisotopic (exact) mass is 374 g/mol. The Morgan fingerprint density at radius 1 is 1.22 bits per heavy atom. The number of benzene rings is 1. The molecule has 1 fully saturated rings. The van der Waals surface area contributed by atoms with E-state index < -0.39 is 0 Å². The molecule has 1 aliphatic rings. The molecule has 1 aromatic carbocycles. The van der Waals surface area contributed by atoms with E-state index >= 15 is 0 Å². The zero-order valence-electron chi connectivity index (χ0n) is 12.2. The second kappa shape index (κ2) is 6.83. The van der Waals surface area contributed by atoms with Crippen molar-refractivity contribution in [2.45, 2.75) is 18.9 Å². The van der Waals surface area contributed by atoms with Crippen LogP contribution in [0, 0.1) is 0 Å². The van der Waals surface area contributed by atoms with Crippen LogP contribution in [0.2, 0.25) is 0 Å². The lowest BCUT2D eigenvalue weighted by atomic mass is 10.2. The minimum Gasteiger partial charge on any atom is -0.450 e. The molecule has 118 valence electrons. The third-order valence-corrected chi connectivity index (χ3v) is 3.72. The van der Waals surface area contributed by atoms with Crippen LogP contribution in [-0.2, 0) is 4.79 Å². The summed E-state index contributed by atoms with van der Waals surface area (Å²) in [5.74, 6) is 0.168. The Hall–Kier alpha value is -2.34. The summed E-state index contributed by atoms with van der Waals surface area (Å²) in [6.45, 7) is 0. The zero-order valence-corrected chi connectivity index (χ0v) is 13.8. The number of nitrogens with one attached hydrogen (secondary N) is 2. The van der Waals surface area contributed by atoms with Gasteiger partial charge in [0.05, 0.1) is 0 Å². The van der Waals surface area contributed by atoms with E-state index in [1.807, 2.05) is 0 Å². The molecule has 2 N–H and O–H groups in total. The third-order valence-electron chi connectivity index (χ3n) is 3.30. The predicted molar refractivity (Wildman–Crippen MR) is 91.0 cm³/mol. The van der Waals surface area contributed by atoms with Crippen LogP contribution in [0.25, 0.3) is 6.08 Å². The van der Waals surface area contributed by atoms with Crippen molar-refractivity contribution in [3.05, 3.63) is 58.5 Å². The SMILES string of the molecule is O=C(/C=C/c1ccc(Br)o1)Nc1cccc(C(=O)NC2CC2)c1. The Labute approximate surface area is 141 Å². The highest BCUT2D eigenvalue weighted by atomic mass is 79.9. The van der Waals surface area contributed by atoms with Crippen molar-refractivity contribution >= 4 is 39.5 Å². The number of carbonyl (C=O) groups is 2. The maximum absolute atomic E-state index is 12.0. The highest BCUT2D eigenvalue weighted by molar-refractivity contribution is 9.10. The molecule has 23 heavy (non-hydrogen) atoms. The molecule has 3 rings (SSSR count). The maximum Gasteiger partial charge on any atom is 0.251 e. The predicted octanol–water partition coefficient (Wildman–Crippen LogP) is 3.59. The Morgan fingerprint density at radius 2 is 2.04 bits per heavy atom. The number of halogens is 1. The van der Waals surface area contributed by atoms with Crippen LogP contribution >= 0.6 is 15.9 Å². The number of hydrogen-bond donors (Lipinski definition) is 2. The first-order valence-corrected chi connectivity index (χ1v) is 8.05. The second-order valence-corrected chi connectivity index (χ2v) is 6.07. The van der Waals surface area contributed by atoms with Gasteiger partial charge in [0.25, 0.3) is 5.91 Å². The fourth-order valence-corrected chi connectivity index (χ4v) is 2.31. The van der Waals surface area contributed by atoms with E-state index in [1.165, 1.54) is 6.08 Å². The molecule has 0 bridgehead atoms. The Bertz CT molecular complexity index is 763. The van der Waals surface area contributed by atoms with Gasteiger partial charge in [-0.3, -0.25) is 9.59 Å². The average Bonchev–Trinajstić information content (AvgIpc) is 3.25. The lowest BCUT2D eigenvalue weighted by molar-refractivity contribution is -0.111. The number of carbonyl (C=O) groups excluding carboxylic acids is 2. The molecule has 5 nitrogen and oxygen atoms in total. The van der Waals surface area contributed by atoms with E-state index in [4.69, 9.17) is 4.42 Å². The normalized spacial score (nSPS) is 14.0. The molecular weight excluding hydrogens is 360 g/mol. The van der Waals surface area contributed by atoms with E-state index in [-0.39, 0.29) is 11.8 Å². The number of amides is 2. The number of furan rings is 1. The van der Waals surface area contributed by atoms with Crippen LogP contribution in [0.3, 0.4) is 0 Å². The lowest BCUT2D eigenvalue weighted by Crippen LogP contribution is -2.25. The van der Waals surface area contributed by atoms with Crippen LogP contribution in [0.5, 0.6) is 0 Å². The van der Waals surface area contributed by atoms with Crippen molar-refractivity contribution < 1.29 is 14.0 Å². The molecule has 0 unspecified atom stereocenters. The van der Waals surface area contributed by atoms with Crippen LogP contribution in [-0.4, -0.2) is 17.9 Å². The molecule has 1 aromatic heterocycles. The average molecular weight is 375 g/mol. The highest BCUT2D eigenvalue weighted by Crippen LogP contribution is 2.20. The van der Waals surface area contributed by atoms with Gasteiger partial charge in [0.1, 0.15) is 5.76 Å². The first kappa shape index (κ1) is 15.6. The molecule has 0 spiro atoms. The first-order chi connectivity index (χ1) is 11.1. The van der Waals surface area contributed by atoms with E-state index in [0.717, 1.165) is 12.8 Å². The Morgan fingerprint density at radius 3 is 2.74 bits per heavy atom. The number of hydrogen-bond acceptors (Lipinski definition) is 3. The van der Waals surface area contributed by atoms with Crippen LogP contribution in [0.1, 0.15) is 29.0 Å². The van der Waals surface area contributed by atoms with Crippen LogP contribution < -0.4 is 10.6 Å². The molecule has 0 radical (unpaired) electrons. The minimum atomic E-state index is -0.294. The second-order valence-electron chi connectivity index (χ2n) is 5.29. The molecule has 0 aliphatic heterocycles. The van der Waals surface area contributed by atoms with Crippen molar-refractivity contribution in [3.63, 3.8) is 0 Å². The van der Waals surface area contributed by atoms with Crippen molar-refractivity contribution in [1.29, 1.82) is 0 Å². The van der Waals surface area contributed by atoms with E-state index in [0.29, 0.717) is 27.7 Å². The summed E-state index contributed by atoms with van der Waals surface area (Å²) in [7, 11) is 0. The van der Waals surface area contributed by atoms with Gasteiger partial charge in [-0.05, 0) is 65.2 Å². The summed E-state index contributed by atoms with van der Waals surface area (Å²) in [5, 5.41) is 5.64. The standard InChI is InChI=1S/C17H15BrN2O3/c18-15-8-6-14(23-15)7-9-16(21)19-13-3-1-2-11(10-13)17(22)20-12-4-5-12/h1-3,6-10,12H,4-5H2,(H,19,21)(H,20,22)/b9-7+. The molecule has 0 saturated heterocycles. The molecular formula is C17H15BrN2O3. The fourth-order valence-electron chi connectivity index (χ4n) is 1.99. The van der Waals surface area contributed by atoms with Gasteiger partial charge in [-0.1, -0.05) is 6.07 Å². The van der Waals surface area contributed by atoms with Crippen LogP contribution in [0.4, 0.5) is 5.69 Å². The lowest BCUT2D eigenvalue weighted by Gasteiger charge is -2.06. The minimum absolute atomic E-state index is 0.112. The van der Waals surface area contributed by atoms with Gasteiger partial charge < -0.3 is 15.1 Å². The summed E-state index contributed by atoms with van der Waals surface area (Å²) in [6, 6.07) is 10.7. The van der Waals surface area contributed by atoms with Gasteiger partial charge in [0.2, 0.25) is 5.91 Å². The van der Waals surface area contributed by atoms with E-state index in [2.05, 4.69) is 26.6 Å². The highest BCUT2D eigenvalue weighted by Gasteiger charge is 2.23. The van der Waals surface area contributed by atoms with Crippen LogP contribution in [0.15, 0.2) is 51.6 Å². The smallest absolute Gasteiger partial charge is 0.251 e.